The van der Waals surface area contributed by atoms with Crippen molar-refractivity contribution in [2.75, 3.05) is 0 Å². The van der Waals surface area contributed by atoms with Crippen LogP contribution in [0, 0.1) is 0 Å². The van der Waals surface area contributed by atoms with E-state index in [2.05, 4.69) is 4.98 Å². The van der Waals surface area contributed by atoms with Gasteiger partial charge in [-0.15, -0.1) is 0 Å². The maximum atomic E-state index is 6.10. The van der Waals surface area contributed by atoms with Crippen LogP contribution < -0.4 is 5.73 Å². The van der Waals surface area contributed by atoms with E-state index < -0.39 is 0 Å². The molecule has 96 valence electrons. The lowest BCUT2D eigenvalue weighted by molar-refractivity contribution is 0.343. The standard InChI is InChI=1S/C13H14Cl2N2O/c14-8-5-10(15)12-11(6-8)17-13(18-12)7-2-1-3-9(16)4-7/h5-7,9H,1-4,16H2. The third-order valence-electron chi connectivity index (χ3n) is 3.49. The van der Waals surface area contributed by atoms with Gasteiger partial charge in [-0.3, -0.25) is 0 Å². The topological polar surface area (TPSA) is 52.0 Å². The van der Waals surface area contributed by atoms with Crippen LogP contribution in [0.15, 0.2) is 16.5 Å². The first kappa shape index (κ1) is 12.3. The summed E-state index contributed by atoms with van der Waals surface area (Å²) in [5.41, 5.74) is 7.34. The van der Waals surface area contributed by atoms with Gasteiger partial charge >= 0.3 is 0 Å². The number of nitrogens with zero attached hydrogens (tertiary/aromatic N) is 1. The van der Waals surface area contributed by atoms with E-state index >= 15 is 0 Å². The van der Waals surface area contributed by atoms with Crippen LogP contribution in [0.25, 0.3) is 11.1 Å². The Hall–Kier alpha value is -0.770. The number of aromatic nitrogens is 1. The van der Waals surface area contributed by atoms with Crippen LogP contribution >= 0.6 is 23.2 Å². The number of rotatable bonds is 1. The molecule has 0 saturated heterocycles. The molecule has 2 unspecified atom stereocenters. The van der Waals surface area contributed by atoms with Crippen molar-refractivity contribution in [3.8, 4) is 0 Å². The van der Waals surface area contributed by atoms with Gasteiger partial charge < -0.3 is 10.2 Å². The largest absolute Gasteiger partial charge is 0.439 e. The van der Waals surface area contributed by atoms with Crippen LogP contribution in [-0.2, 0) is 0 Å². The molecule has 0 amide bonds. The maximum Gasteiger partial charge on any atom is 0.198 e. The van der Waals surface area contributed by atoms with E-state index in [1.807, 2.05) is 0 Å². The number of benzene rings is 1. The van der Waals surface area contributed by atoms with Gasteiger partial charge in [0, 0.05) is 17.0 Å². The van der Waals surface area contributed by atoms with E-state index in [0.29, 0.717) is 21.5 Å². The summed E-state index contributed by atoms with van der Waals surface area (Å²) in [6.07, 6.45) is 4.21. The molecule has 2 N–H and O–H groups in total. The molecular weight excluding hydrogens is 271 g/mol. The Morgan fingerprint density at radius 3 is 2.89 bits per heavy atom. The molecule has 0 spiro atoms. The average Bonchev–Trinajstić information content (AvgIpc) is 2.73. The first-order valence-electron chi connectivity index (χ1n) is 6.14. The van der Waals surface area contributed by atoms with Gasteiger partial charge in [-0.25, -0.2) is 4.98 Å². The number of oxazole rings is 1. The van der Waals surface area contributed by atoms with Crippen molar-refractivity contribution in [2.45, 2.75) is 37.6 Å². The minimum absolute atomic E-state index is 0.248. The van der Waals surface area contributed by atoms with Crippen molar-refractivity contribution in [3.63, 3.8) is 0 Å². The van der Waals surface area contributed by atoms with Gasteiger partial charge in [0.15, 0.2) is 11.5 Å². The summed E-state index contributed by atoms with van der Waals surface area (Å²) in [6, 6.07) is 3.70. The number of hydrogen-bond acceptors (Lipinski definition) is 3. The van der Waals surface area contributed by atoms with Crippen molar-refractivity contribution >= 4 is 34.3 Å². The fourth-order valence-corrected chi connectivity index (χ4v) is 3.12. The number of halogens is 2. The third-order valence-corrected chi connectivity index (χ3v) is 3.99. The molecule has 1 aromatic carbocycles. The van der Waals surface area contributed by atoms with E-state index in [1.165, 1.54) is 0 Å². The summed E-state index contributed by atoms with van der Waals surface area (Å²) in [4.78, 5) is 4.50. The zero-order valence-electron chi connectivity index (χ0n) is 9.83. The fraction of sp³-hybridized carbons (Fsp3) is 0.462. The molecule has 3 nitrogen and oxygen atoms in total. The molecule has 2 aromatic rings. The predicted molar refractivity (Wildman–Crippen MR) is 73.2 cm³/mol. The minimum Gasteiger partial charge on any atom is -0.439 e. The lowest BCUT2D eigenvalue weighted by Crippen LogP contribution is -2.26. The first-order valence-corrected chi connectivity index (χ1v) is 6.90. The second-order valence-corrected chi connectivity index (χ2v) is 5.76. The summed E-state index contributed by atoms with van der Waals surface area (Å²) in [5, 5.41) is 1.09. The Labute approximate surface area is 115 Å². The van der Waals surface area contributed by atoms with Gasteiger partial charge in [0.2, 0.25) is 0 Å². The summed E-state index contributed by atoms with van der Waals surface area (Å²) in [7, 11) is 0. The highest BCUT2D eigenvalue weighted by Gasteiger charge is 2.25. The highest BCUT2D eigenvalue weighted by Crippen LogP contribution is 2.35. The van der Waals surface area contributed by atoms with E-state index in [9.17, 15) is 0 Å². The second kappa shape index (κ2) is 4.72. The molecule has 1 aliphatic rings. The number of fused-ring (bicyclic) bond motifs is 1. The predicted octanol–water partition coefficient (Wildman–Crippen LogP) is 4.12. The van der Waals surface area contributed by atoms with Crippen molar-refractivity contribution < 1.29 is 4.42 Å². The molecule has 5 heteroatoms. The van der Waals surface area contributed by atoms with Crippen molar-refractivity contribution in [1.29, 1.82) is 0 Å². The van der Waals surface area contributed by atoms with Crippen molar-refractivity contribution in [2.24, 2.45) is 5.73 Å². The van der Waals surface area contributed by atoms with E-state index in [-0.39, 0.29) is 6.04 Å². The molecule has 1 fully saturated rings. The molecular formula is C13H14Cl2N2O. The molecule has 0 bridgehead atoms. The fourth-order valence-electron chi connectivity index (χ4n) is 2.60. The summed E-state index contributed by atoms with van der Waals surface area (Å²) < 4.78 is 5.78. The van der Waals surface area contributed by atoms with Crippen LogP contribution in [0.5, 0.6) is 0 Å². The second-order valence-electron chi connectivity index (χ2n) is 4.91. The quantitative estimate of drug-likeness (QED) is 0.857. The van der Waals surface area contributed by atoms with E-state index in [0.717, 1.165) is 37.1 Å². The van der Waals surface area contributed by atoms with Crippen LogP contribution in [0.1, 0.15) is 37.5 Å². The Bertz CT molecular complexity index is 582. The van der Waals surface area contributed by atoms with Crippen LogP contribution in [0.2, 0.25) is 10.0 Å². The lowest BCUT2D eigenvalue weighted by atomic mass is 9.86. The smallest absolute Gasteiger partial charge is 0.198 e. The number of nitrogens with two attached hydrogens (primary N) is 1. The Balaban J connectivity index is 2.00. The van der Waals surface area contributed by atoms with Crippen LogP contribution in [0.3, 0.4) is 0 Å². The molecule has 3 rings (SSSR count). The van der Waals surface area contributed by atoms with Crippen molar-refractivity contribution in [1.82, 2.24) is 4.98 Å². The zero-order chi connectivity index (χ0) is 12.7. The molecule has 18 heavy (non-hydrogen) atoms. The van der Waals surface area contributed by atoms with Crippen molar-refractivity contribution in [3.05, 3.63) is 28.1 Å². The minimum atomic E-state index is 0.248. The molecule has 1 aromatic heterocycles. The Morgan fingerprint density at radius 2 is 2.11 bits per heavy atom. The molecule has 0 radical (unpaired) electrons. The molecule has 1 aliphatic carbocycles. The first-order chi connectivity index (χ1) is 8.63. The van der Waals surface area contributed by atoms with Gasteiger partial charge in [-0.1, -0.05) is 29.6 Å². The van der Waals surface area contributed by atoms with Gasteiger partial charge in [-0.05, 0) is 31.4 Å². The molecule has 2 atom stereocenters. The highest BCUT2D eigenvalue weighted by atomic mass is 35.5. The average molecular weight is 285 g/mol. The van der Waals surface area contributed by atoms with E-state index in [1.54, 1.807) is 12.1 Å². The lowest BCUT2D eigenvalue weighted by Gasteiger charge is -2.23. The van der Waals surface area contributed by atoms with Crippen LogP contribution in [-0.4, -0.2) is 11.0 Å². The Kier molecular flexibility index (Phi) is 3.22. The van der Waals surface area contributed by atoms with E-state index in [4.69, 9.17) is 33.4 Å². The maximum absolute atomic E-state index is 6.10. The monoisotopic (exact) mass is 284 g/mol. The molecule has 1 heterocycles. The SMILES string of the molecule is NC1CCCC(c2nc3cc(Cl)cc(Cl)c3o2)C1. The number of hydrogen-bond donors (Lipinski definition) is 1. The third kappa shape index (κ3) is 2.22. The van der Waals surface area contributed by atoms with Gasteiger partial charge in [0.1, 0.15) is 5.52 Å². The molecule has 0 aliphatic heterocycles. The highest BCUT2D eigenvalue weighted by molar-refractivity contribution is 6.37. The molecule has 1 saturated carbocycles. The summed E-state index contributed by atoms with van der Waals surface area (Å²) in [5.74, 6) is 1.04. The van der Waals surface area contributed by atoms with Crippen LogP contribution in [0.4, 0.5) is 0 Å². The summed E-state index contributed by atoms with van der Waals surface area (Å²) >= 11 is 12.1. The van der Waals surface area contributed by atoms with Gasteiger partial charge in [0.25, 0.3) is 0 Å². The zero-order valence-corrected chi connectivity index (χ0v) is 11.3. The van der Waals surface area contributed by atoms with Gasteiger partial charge in [0.05, 0.1) is 5.02 Å². The summed E-state index contributed by atoms with van der Waals surface area (Å²) in [6.45, 7) is 0. The Morgan fingerprint density at radius 1 is 1.28 bits per heavy atom. The normalized spacial score (nSPS) is 24.6. The van der Waals surface area contributed by atoms with Gasteiger partial charge in [-0.2, -0.15) is 0 Å².